The van der Waals surface area contributed by atoms with Crippen LogP contribution in [0.1, 0.15) is 22.3 Å². The summed E-state index contributed by atoms with van der Waals surface area (Å²) in [6.45, 7) is 1.93. The van der Waals surface area contributed by atoms with Crippen LogP contribution in [0.15, 0.2) is 42.5 Å². The molecule has 1 fully saturated rings. The van der Waals surface area contributed by atoms with Crippen LogP contribution in [0.25, 0.3) is 0 Å². The SMILES string of the molecule is N#Cc1ccc(C(=O)NC[C@H]2CCN(c3ccc(F)c(F)c3)C2)cc1. The van der Waals surface area contributed by atoms with Crippen LogP contribution in [0.5, 0.6) is 0 Å². The van der Waals surface area contributed by atoms with E-state index in [1.54, 1.807) is 30.3 Å². The second-order valence-corrected chi connectivity index (χ2v) is 6.10. The molecule has 0 aromatic heterocycles. The zero-order valence-corrected chi connectivity index (χ0v) is 13.5. The number of nitrogens with one attached hydrogen (secondary N) is 1. The van der Waals surface area contributed by atoms with E-state index in [0.717, 1.165) is 19.0 Å². The number of nitriles is 1. The third-order valence-electron chi connectivity index (χ3n) is 4.38. The topological polar surface area (TPSA) is 56.1 Å². The van der Waals surface area contributed by atoms with Crippen LogP contribution in [-0.2, 0) is 0 Å². The Labute approximate surface area is 144 Å². The summed E-state index contributed by atoms with van der Waals surface area (Å²) in [4.78, 5) is 14.1. The monoisotopic (exact) mass is 341 g/mol. The largest absolute Gasteiger partial charge is 0.371 e. The molecule has 3 rings (SSSR count). The first kappa shape index (κ1) is 16.9. The molecule has 0 unspecified atom stereocenters. The first-order chi connectivity index (χ1) is 12.1. The Balaban J connectivity index is 1.53. The minimum Gasteiger partial charge on any atom is -0.371 e. The number of nitrogens with zero attached hydrogens (tertiary/aromatic N) is 2. The molecule has 0 spiro atoms. The lowest BCUT2D eigenvalue weighted by atomic mass is 10.1. The summed E-state index contributed by atoms with van der Waals surface area (Å²) in [7, 11) is 0. The van der Waals surface area contributed by atoms with Crippen molar-refractivity contribution in [2.75, 3.05) is 24.5 Å². The number of carbonyl (C=O) groups excluding carboxylic acids is 1. The highest BCUT2D eigenvalue weighted by molar-refractivity contribution is 5.94. The highest BCUT2D eigenvalue weighted by Gasteiger charge is 2.24. The normalized spacial score (nSPS) is 16.5. The summed E-state index contributed by atoms with van der Waals surface area (Å²) in [6.07, 6.45) is 0.868. The van der Waals surface area contributed by atoms with Gasteiger partial charge in [0, 0.05) is 37.0 Å². The van der Waals surface area contributed by atoms with Crippen molar-refractivity contribution >= 4 is 11.6 Å². The van der Waals surface area contributed by atoms with E-state index < -0.39 is 11.6 Å². The van der Waals surface area contributed by atoms with E-state index in [0.29, 0.717) is 29.9 Å². The number of hydrogen-bond acceptors (Lipinski definition) is 3. The molecule has 1 aliphatic rings. The molecule has 128 valence electrons. The molecule has 2 aromatic carbocycles. The van der Waals surface area contributed by atoms with Crippen molar-refractivity contribution in [3.05, 3.63) is 65.2 Å². The number of amides is 1. The average Bonchev–Trinajstić information content (AvgIpc) is 3.11. The molecule has 1 saturated heterocycles. The van der Waals surface area contributed by atoms with Gasteiger partial charge in [-0.25, -0.2) is 8.78 Å². The lowest BCUT2D eigenvalue weighted by Crippen LogP contribution is -2.31. The van der Waals surface area contributed by atoms with Gasteiger partial charge in [-0.15, -0.1) is 0 Å². The molecule has 4 nitrogen and oxygen atoms in total. The zero-order chi connectivity index (χ0) is 17.8. The van der Waals surface area contributed by atoms with Crippen molar-refractivity contribution in [3.8, 4) is 6.07 Å². The van der Waals surface area contributed by atoms with Crippen molar-refractivity contribution < 1.29 is 13.6 Å². The van der Waals surface area contributed by atoms with E-state index in [9.17, 15) is 13.6 Å². The fourth-order valence-electron chi connectivity index (χ4n) is 2.95. The van der Waals surface area contributed by atoms with Crippen LogP contribution in [0, 0.1) is 28.9 Å². The van der Waals surface area contributed by atoms with Crippen LogP contribution in [0.3, 0.4) is 0 Å². The molecule has 1 N–H and O–H groups in total. The van der Waals surface area contributed by atoms with Crippen LogP contribution in [-0.4, -0.2) is 25.5 Å². The molecule has 0 saturated carbocycles. The second kappa shape index (κ2) is 7.31. The van der Waals surface area contributed by atoms with Gasteiger partial charge in [-0.2, -0.15) is 5.26 Å². The Morgan fingerprint density at radius 3 is 2.64 bits per heavy atom. The van der Waals surface area contributed by atoms with Crippen LogP contribution < -0.4 is 10.2 Å². The molecule has 0 aliphatic carbocycles. The fourth-order valence-corrected chi connectivity index (χ4v) is 2.95. The van der Waals surface area contributed by atoms with E-state index >= 15 is 0 Å². The van der Waals surface area contributed by atoms with Crippen LogP contribution in [0.4, 0.5) is 14.5 Å². The Morgan fingerprint density at radius 2 is 1.96 bits per heavy atom. The van der Waals surface area contributed by atoms with Gasteiger partial charge < -0.3 is 10.2 Å². The van der Waals surface area contributed by atoms with Gasteiger partial charge in [-0.3, -0.25) is 4.79 Å². The highest BCUT2D eigenvalue weighted by atomic mass is 19.2. The third-order valence-corrected chi connectivity index (χ3v) is 4.38. The van der Waals surface area contributed by atoms with Crippen molar-refractivity contribution in [3.63, 3.8) is 0 Å². The molecule has 6 heteroatoms. The summed E-state index contributed by atoms with van der Waals surface area (Å²) >= 11 is 0. The summed E-state index contributed by atoms with van der Waals surface area (Å²) in [5.74, 6) is -1.64. The van der Waals surface area contributed by atoms with Gasteiger partial charge in [0.1, 0.15) is 0 Å². The van der Waals surface area contributed by atoms with Gasteiger partial charge in [0.15, 0.2) is 11.6 Å². The van der Waals surface area contributed by atoms with E-state index in [1.165, 1.54) is 6.07 Å². The summed E-state index contributed by atoms with van der Waals surface area (Å²) in [5, 5.41) is 11.7. The molecule has 0 bridgehead atoms. The maximum atomic E-state index is 13.3. The van der Waals surface area contributed by atoms with Gasteiger partial charge in [0.05, 0.1) is 11.6 Å². The molecule has 1 amide bonds. The summed E-state index contributed by atoms with van der Waals surface area (Å²) < 4.78 is 26.4. The highest BCUT2D eigenvalue weighted by Crippen LogP contribution is 2.25. The van der Waals surface area contributed by atoms with Crippen molar-refractivity contribution in [2.24, 2.45) is 5.92 Å². The summed E-state index contributed by atoms with van der Waals surface area (Å²) in [6, 6.07) is 12.4. The van der Waals surface area contributed by atoms with Gasteiger partial charge in [0.2, 0.25) is 0 Å². The molecule has 1 atom stereocenters. The number of benzene rings is 2. The van der Waals surface area contributed by atoms with Crippen LogP contribution in [0.2, 0.25) is 0 Å². The van der Waals surface area contributed by atoms with Gasteiger partial charge >= 0.3 is 0 Å². The number of hydrogen-bond donors (Lipinski definition) is 1. The Kier molecular flexibility index (Phi) is 4.94. The Bertz CT molecular complexity index is 814. The predicted molar refractivity (Wildman–Crippen MR) is 90.2 cm³/mol. The lowest BCUT2D eigenvalue weighted by molar-refractivity contribution is 0.0948. The van der Waals surface area contributed by atoms with E-state index in [2.05, 4.69) is 5.32 Å². The molecular formula is C19H17F2N3O. The Morgan fingerprint density at radius 1 is 1.20 bits per heavy atom. The fraction of sp³-hybridized carbons (Fsp3) is 0.263. The van der Waals surface area contributed by atoms with Crippen LogP contribution >= 0.6 is 0 Å². The number of halogens is 2. The molecule has 1 aliphatic heterocycles. The van der Waals surface area contributed by atoms with Gasteiger partial charge in [-0.05, 0) is 48.7 Å². The first-order valence-corrected chi connectivity index (χ1v) is 8.05. The molecule has 2 aromatic rings. The number of anilines is 1. The average molecular weight is 341 g/mol. The zero-order valence-electron chi connectivity index (χ0n) is 13.5. The maximum Gasteiger partial charge on any atom is 0.251 e. The number of carbonyl (C=O) groups is 1. The van der Waals surface area contributed by atoms with Crippen molar-refractivity contribution in [1.29, 1.82) is 5.26 Å². The minimum absolute atomic E-state index is 0.184. The quantitative estimate of drug-likeness (QED) is 0.930. The first-order valence-electron chi connectivity index (χ1n) is 8.05. The Hall–Kier alpha value is -2.94. The second-order valence-electron chi connectivity index (χ2n) is 6.10. The third kappa shape index (κ3) is 3.94. The van der Waals surface area contributed by atoms with E-state index in [1.807, 2.05) is 11.0 Å². The molecule has 25 heavy (non-hydrogen) atoms. The standard InChI is InChI=1S/C19H17F2N3O/c20-17-6-5-16(9-18(17)21)24-8-7-14(12-24)11-23-19(25)15-3-1-13(10-22)2-4-15/h1-6,9,14H,7-8,11-12H2,(H,23,25)/t14-/m1/s1. The predicted octanol–water partition coefficient (Wildman–Crippen LogP) is 3.09. The maximum absolute atomic E-state index is 13.3. The van der Waals surface area contributed by atoms with E-state index in [4.69, 9.17) is 5.26 Å². The van der Waals surface area contributed by atoms with Gasteiger partial charge in [-0.1, -0.05) is 0 Å². The molecular weight excluding hydrogens is 324 g/mol. The van der Waals surface area contributed by atoms with Crippen molar-refractivity contribution in [2.45, 2.75) is 6.42 Å². The lowest BCUT2D eigenvalue weighted by Gasteiger charge is -2.19. The van der Waals surface area contributed by atoms with Crippen molar-refractivity contribution in [1.82, 2.24) is 5.32 Å². The van der Waals surface area contributed by atoms with Gasteiger partial charge in [0.25, 0.3) is 5.91 Å². The number of rotatable bonds is 4. The van der Waals surface area contributed by atoms with E-state index in [-0.39, 0.29) is 11.8 Å². The smallest absolute Gasteiger partial charge is 0.251 e. The summed E-state index contributed by atoms with van der Waals surface area (Å²) in [5.41, 5.74) is 1.67. The minimum atomic E-state index is -0.853. The molecule has 1 heterocycles. The molecule has 0 radical (unpaired) electrons.